The Morgan fingerprint density at radius 3 is 2.11 bits per heavy atom. The van der Waals surface area contributed by atoms with Gasteiger partial charge in [0, 0.05) is 6.61 Å². The van der Waals surface area contributed by atoms with E-state index in [1.165, 1.54) is 6.42 Å². The number of aliphatic hydroxyl groups excluding tert-OH is 1. The molecular formula is C8H16O. The van der Waals surface area contributed by atoms with Gasteiger partial charge >= 0.3 is 0 Å². The fourth-order valence-corrected chi connectivity index (χ4v) is 1.51. The number of aliphatic hydroxyl groups is 1. The first-order valence-corrected chi connectivity index (χ1v) is 3.66. The second kappa shape index (κ2) is 1.98. The van der Waals surface area contributed by atoms with E-state index in [0.29, 0.717) is 17.9 Å². The Hall–Kier alpha value is -0.0400. The van der Waals surface area contributed by atoms with Gasteiger partial charge in [-0.15, -0.1) is 0 Å². The second-order valence-corrected chi connectivity index (χ2v) is 4.15. The molecule has 0 bridgehead atoms. The summed E-state index contributed by atoms with van der Waals surface area (Å²) in [7, 11) is 0. The van der Waals surface area contributed by atoms with Crippen molar-refractivity contribution >= 4 is 0 Å². The fraction of sp³-hybridized carbons (Fsp3) is 1.00. The summed E-state index contributed by atoms with van der Waals surface area (Å²) in [6.07, 6.45) is 1.24. The van der Waals surface area contributed by atoms with Crippen molar-refractivity contribution in [3.63, 3.8) is 0 Å². The molecule has 0 aliphatic heterocycles. The van der Waals surface area contributed by atoms with Gasteiger partial charge in [-0.05, 0) is 23.7 Å². The monoisotopic (exact) mass is 128 g/mol. The minimum Gasteiger partial charge on any atom is -0.396 e. The molecule has 1 aliphatic carbocycles. The van der Waals surface area contributed by atoms with Crippen LogP contribution < -0.4 is 0 Å². The van der Waals surface area contributed by atoms with Gasteiger partial charge in [-0.25, -0.2) is 0 Å². The molecule has 2 atom stereocenters. The van der Waals surface area contributed by atoms with Crippen LogP contribution in [0.4, 0.5) is 0 Å². The maximum absolute atomic E-state index is 8.74. The van der Waals surface area contributed by atoms with E-state index in [0.717, 1.165) is 5.92 Å². The molecule has 0 unspecified atom stereocenters. The summed E-state index contributed by atoms with van der Waals surface area (Å²) in [4.78, 5) is 0. The number of hydrogen-bond acceptors (Lipinski definition) is 1. The van der Waals surface area contributed by atoms with Crippen molar-refractivity contribution in [2.24, 2.45) is 17.3 Å². The van der Waals surface area contributed by atoms with Gasteiger partial charge in [0.25, 0.3) is 0 Å². The lowest BCUT2D eigenvalue weighted by atomic mass is 9.89. The van der Waals surface area contributed by atoms with Crippen LogP contribution in [0.1, 0.15) is 27.2 Å². The van der Waals surface area contributed by atoms with Crippen LogP contribution in [-0.2, 0) is 0 Å². The maximum Gasteiger partial charge on any atom is 0.0462 e. The Kier molecular flexibility index (Phi) is 1.55. The Bertz CT molecular complexity index is 102. The molecule has 0 radical (unpaired) electrons. The average Bonchev–Trinajstić information content (AvgIpc) is 2.39. The van der Waals surface area contributed by atoms with Crippen molar-refractivity contribution in [1.29, 1.82) is 0 Å². The molecule has 0 spiro atoms. The summed E-state index contributed by atoms with van der Waals surface area (Å²) in [6, 6.07) is 0. The van der Waals surface area contributed by atoms with E-state index >= 15 is 0 Å². The van der Waals surface area contributed by atoms with Crippen LogP contribution in [0.2, 0.25) is 0 Å². The average molecular weight is 128 g/mol. The van der Waals surface area contributed by atoms with Crippen molar-refractivity contribution in [3.8, 4) is 0 Å². The highest BCUT2D eigenvalue weighted by atomic mass is 16.3. The third-order valence-corrected chi connectivity index (χ3v) is 2.27. The van der Waals surface area contributed by atoms with Crippen LogP contribution in [0.15, 0.2) is 0 Å². The molecule has 1 saturated carbocycles. The molecular weight excluding hydrogens is 112 g/mol. The molecule has 9 heavy (non-hydrogen) atoms. The Balaban J connectivity index is 2.33. The summed E-state index contributed by atoms with van der Waals surface area (Å²) in [5, 5.41) is 8.74. The minimum atomic E-state index is 0.391. The zero-order chi connectivity index (χ0) is 7.07. The lowest BCUT2D eigenvalue weighted by molar-refractivity contribution is 0.239. The van der Waals surface area contributed by atoms with Crippen molar-refractivity contribution < 1.29 is 5.11 Å². The molecule has 1 nitrogen and oxygen atoms in total. The molecule has 0 aromatic heterocycles. The van der Waals surface area contributed by atoms with E-state index in [2.05, 4.69) is 20.8 Å². The largest absolute Gasteiger partial charge is 0.396 e. The summed E-state index contributed by atoms with van der Waals surface area (Å²) in [5.74, 6) is 1.40. The van der Waals surface area contributed by atoms with Gasteiger partial charge in [0.2, 0.25) is 0 Å². The van der Waals surface area contributed by atoms with E-state index in [-0.39, 0.29) is 0 Å². The maximum atomic E-state index is 8.74. The third kappa shape index (κ3) is 1.45. The molecule has 1 aliphatic rings. The number of rotatable bonds is 1. The zero-order valence-corrected chi connectivity index (χ0v) is 6.52. The predicted molar refractivity (Wildman–Crippen MR) is 38.1 cm³/mol. The molecule has 0 aromatic rings. The van der Waals surface area contributed by atoms with Gasteiger partial charge in [-0.2, -0.15) is 0 Å². The second-order valence-electron chi connectivity index (χ2n) is 4.15. The molecule has 54 valence electrons. The van der Waals surface area contributed by atoms with E-state index in [1.54, 1.807) is 0 Å². The Morgan fingerprint density at radius 1 is 1.44 bits per heavy atom. The van der Waals surface area contributed by atoms with Gasteiger partial charge in [0.1, 0.15) is 0 Å². The first-order chi connectivity index (χ1) is 4.05. The van der Waals surface area contributed by atoms with E-state index in [4.69, 9.17) is 5.11 Å². The lowest BCUT2D eigenvalue weighted by Crippen LogP contribution is -2.10. The highest BCUT2D eigenvalue weighted by molar-refractivity contribution is 4.93. The van der Waals surface area contributed by atoms with Crippen LogP contribution in [0.3, 0.4) is 0 Å². The van der Waals surface area contributed by atoms with Crippen LogP contribution in [0, 0.1) is 17.3 Å². The van der Waals surface area contributed by atoms with E-state index in [1.807, 2.05) is 0 Å². The van der Waals surface area contributed by atoms with Gasteiger partial charge in [0.15, 0.2) is 0 Å². The van der Waals surface area contributed by atoms with Crippen LogP contribution in [-0.4, -0.2) is 11.7 Å². The standard InChI is InChI=1S/C8H16O/c1-8(2,3)7-4-6(7)5-9/h6-7,9H,4-5H2,1-3H3/t6-,7+/m1/s1. The third-order valence-electron chi connectivity index (χ3n) is 2.27. The fourth-order valence-electron chi connectivity index (χ4n) is 1.51. The van der Waals surface area contributed by atoms with Crippen molar-refractivity contribution in [1.82, 2.24) is 0 Å². The van der Waals surface area contributed by atoms with Gasteiger partial charge in [-0.1, -0.05) is 20.8 Å². The lowest BCUT2D eigenvalue weighted by Gasteiger charge is -2.17. The summed E-state index contributed by atoms with van der Waals surface area (Å²) >= 11 is 0. The summed E-state index contributed by atoms with van der Waals surface area (Å²) in [5.41, 5.74) is 0.424. The zero-order valence-electron chi connectivity index (χ0n) is 6.52. The molecule has 1 heteroatoms. The molecule has 0 amide bonds. The molecule has 1 fully saturated rings. The van der Waals surface area contributed by atoms with Gasteiger partial charge < -0.3 is 5.11 Å². The molecule has 0 aromatic carbocycles. The molecule has 1 N–H and O–H groups in total. The molecule has 0 saturated heterocycles. The normalized spacial score (nSPS) is 34.7. The smallest absolute Gasteiger partial charge is 0.0462 e. The van der Waals surface area contributed by atoms with Crippen LogP contribution in [0.5, 0.6) is 0 Å². The van der Waals surface area contributed by atoms with Crippen LogP contribution >= 0.6 is 0 Å². The number of hydrogen-bond donors (Lipinski definition) is 1. The topological polar surface area (TPSA) is 20.2 Å². The quantitative estimate of drug-likeness (QED) is 0.569. The predicted octanol–water partition coefficient (Wildman–Crippen LogP) is 1.66. The van der Waals surface area contributed by atoms with Gasteiger partial charge in [-0.3, -0.25) is 0 Å². The first kappa shape index (κ1) is 7.07. The van der Waals surface area contributed by atoms with Crippen molar-refractivity contribution in [2.75, 3.05) is 6.61 Å². The van der Waals surface area contributed by atoms with E-state index < -0.39 is 0 Å². The molecule has 1 rings (SSSR count). The summed E-state index contributed by atoms with van der Waals surface area (Å²) in [6.45, 7) is 7.12. The summed E-state index contributed by atoms with van der Waals surface area (Å²) < 4.78 is 0. The van der Waals surface area contributed by atoms with Gasteiger partial charge in [0.05, 0.1) is 0 Å². The Morgan fingerprint density at radius 2 is 2.00 bits per heavy atom. The first-order valence-electron chi connectivity index (χ1n) is 3.66. The van der Waals surface area contributed by atoms with E-state index in [9.17, 15) is 0 Å². The Labute approximate surface area is 57.1 Å². The minimum absolute atomic E-state index is 0.391. The van der Waals surface area contributed by atoms with Crippen molar-refractivity contribution in [2.45, 2.75) is 27.2 Å². The molecule has 0 heterocycles. The van der Waals surface area contributed by atoms with Crippen molar-refractivity contribution in [3.05, 3.63) is 0 Å². The van der Waals surface area contributed by atoms with Crippen LogP contribution in [0.25, 0.3) is 0 Å². The highest BCUT2D eigenvalue weighted by Crippen LogP contribution is 2.50. The SMILES string of the molecule is CC(C)(C)[C@H]1C[C@@H]1CO. The highest BCUT2D eigenvalue weighted by Gasteiger charge is 2.44.